The fraction of sp³-hybridized carbons (Fsp3) is 0.176. The van der Waals surface area contributed by atoms with Crippen LogP contribution in [0.25, 0.3) is 10.9 Å². The second-order valence-electron chi connectivity index (χ2n) is 5.43. The molecule has 2 aromatic carbocycles. The van der Waals surface area contributed by atoms with E-state index in [-0.39, 0.29) is 5.95 Å². The third kappa shape index (κ3) is 3.32. The Bertz CT molecular complexity index is 898. The van der Waals surface area contributed by atoms with Crippen molar-refractivity contribution in [2.75, 3.05) is 22.9 Å². The number of nitrogens with two attached hydrogens (primary N) is 2. The van der Waals surface area contributed by atoms with Gasteiger partial charge >= 0.3 is 0 Å². The van der Waals surface area contributed by atoms with Crippen LogP contribution in [0.15, 0.2) is 36.4 Å². The topological polar surface area (TPSA) is 81.1 Å². The van der Waals surface area contributed by atoms with Crippen LogP contribution in [0.4, 0.5) is 17.5 Å². The molecule has 124 valence electrons. The van der Waals surface area contributed by atoms with E-state index in [2.05, 4.69) is 21.8 Å². The number of rotatable bonds is 4. The van der Waals surface area contributed by atoms with Crippen molar-refractivity contribution in [3.05, 3.63) is 52.0 Å². The molecule has 24 heavy (non-hydrogen) atoms. The highest BCUT2D eigenvalue weighted by atomic mass is 35.5. The van der Waals surface area contributed by atoms with Crippen LogP contribution in [0.2, 0.25) is 10.0 Å². The zero-order chi connectivity index (χ0) is 17.3. The van der Waals surface area contributed by atoms with Gasteiger partial charge in [0.1, 0.15) is 5.82 Å². The van der Waals surface area contributed by atoms with E-state index in [0.717, 1.165) is 28.7 Å². The van der Waals surface area contributed by atoms with E-state index in [4.69, 9.17) is 34.7 Å². The van der Waals surface area contributed by atoms with Crippen LogP contribution in [0.3, 0.4) is 0 Å². The van der Waals surface area contributed by atoms with Crippen LogP contribution >= 0.6 is 23.2 Å². The van der Waals surface area contributed by atoms with Gasteiger partial charge in [-0.2, -0.15) is 4.98 Å². The summed E-state index contributed by atoms with van der Waals surface area (Å²) in [5.41, 5.74) is 14.4. The van der Waals surface area contributed by atoms with E-state index < -0.39 is 0 Å². The predicted molar refractivity (Wildman–Crippen MR) is 102 cm³/mol. The summed E-state index contributed by atoms with van der Waals surface area (Å²) in [6, 6.07) is 11.5. The van der Waals surface area contributed by atoms with Gasteiger partial charge in [0.15, 0.2) is 0 Å². The van der Waals surface area contributed by atoms with Crippen LogP contribution in [-0.4, -0.2) is 16.5 Å². The Balaban J connectivity index is 1.93. The third-order valence-electron chi connectivity index (χ3n) is 3.83. The number of benzene rings is 2. The van der Waals surface area contributed by atoms with E-state index in [1.54, 1.807) is 6.07 Å². The summed E-state index contributed by atoms with van der Waals surface area (Å²) in [6.07, 6.45) is 0. The molecule has 7 heteroatoms. The van der Waals surface area contributed by atoms with Crippen molar-refractivity contribution >= 4 is 51.6 Å². The molecule has 1 heterocycles. The van der Waals surface area contributed by atoms with Gasteiger partial charge in [0.25, 0.3) is 0 Å². The monoisotopic (exact) mass is 361 g/mol. The van der Waals surface area contributed by atoms with Gasteiger partial charge in [0, 0.05) is 24.2 Å². The highest BCUT2D eigenvalue weighted by Gasteiger charge is 2.10. The van der Waals surface area contributed by atoms with Crippen LogP contribution < -0.4 is 16.4 Å². The summed E-state index contributed by atoms with van der Waals surface area (Å²) in [5.74, 6) is 0.565. The molecule has 0 atom stereocenters. The number of hydrogen-bond acceptors (Lipinski definition) is 5. The minimum atomic E-state index is 0.179. The van der Waals surface area contributed by atoms with Gasteiger partial charge in [-0.1, -0.05) is 29.3 Å². The van der Waals surface area contributed by atoms with Crippen LogP contribution in [-0.2, 0) is 6.54 Å². The first kappa shape index (κ1) is 16.6. The van der Waals surface area contributed by atoms with Gasteiger partial charge in [-0.05, 0) is 42.8 Å². The first-order chi connectivity index (χ1) is 11.5. The standard InChI is InChI=1S/C17H17Cl2N5/c1-2-24(11-4-5-13(18)14(19)8-11)9-10-3-6-15-12(7-10)16(20)23-17(21)22-15/h3-8H,2,9H2,1H3,(H4,20,21,22,23). The molecule has 0 bridgehead atoms. The highest BCUT2D eigenvalue weighted by Crippen LogP contribution is 2.28. The maximum atomic E-state index is 6.13. The van der Waals surface area contributed by atoms with Crippen molar-refractivity contribution in [1.82, 2.24) is 9.97 Å². The number of nitrogen functional groups attached to an aromatic ring is 2. The average Bonchev–Trinajstić information content (AvgIpc) is 2.55. The molecule has 0 spiro atoms. The molecule has 4 N–H and O–H groups in total. The number of fused-ring (bicyclic) bond motifs is 1. The Morgan fingerprint density at radius 2 is 1.79 bits per heavy atom. The Morgan fingerprint density at radius 3 is 2.50 bits per heavy atom. The molecule has 0 aliphatic carbocycles. The lowest BCUT2D eigenvalue weighted by Crippen LogP contribution is -2.22. The second kappa shape index (κ2) is 6.71. The normalized spacial score (nSPS) is 11.0. The van der Waals surface area contributed by atoms with Crippen molar-refractivity contribution < 1.29 is 0 Å². The van der Waals surface area contributed by atoms with Crippen molar-refractivity contribution in [3.8, 4) is 0 Å². The minimum Gasteiger partial charge on any atom is -0.383 e. The third-order valence-corrected chi connectivity index (χ3v) is 4.57. The maximum Gasteiger partial charge on any atom is 0.222 e. The number of halogens is 2. The lowest BCUT2D eigenvalue weighted by Gasteiger charge is -2.24. The second-order valence-corrected chi connectivity index (χ2v) is 6.25. The summed E-state index contributed by atoms with van der Waals surface area (Å²) in [5, 5.41) is 1.89. The molecule has 5 nitrogen and oxygen atoms in total. The molecular weight excluding hydrogens is 345 g/mol. The highest BCUT2D eigenvalue weighted by molar-refractivity contribution is 6.42. The van der Waals surface area contributed by atoms with Crippen LogP contribution in [0, 0.1) is 0 Å². The Hall–Kier alpha value is -2.24. The summed E-state index contributed by atoms with van der Waals surface area (Å²) in [4.78, 5) is 10.4. The fourth-order valence-electron chi connectivity index (χ4n) is 2.60. The summed E-state index contributed by atoms with van der Waals surface area (Å²) in [6.45, 7) is 3.61. The molecule has 0 radical (unpaired) electrons. The lowest BCUT2D eigenvalue weighted by molar-refractivity contribution is 0.833. The molecule has 0 aliphatic rings. The van der Waals surface area contributed by atoms with E-state index in [0.29, 0.717) is 22.4 Å². The smallest absolute Gasteiger partial charge is 0.222 e. The first-order valence-corrected chi connectivity index (χ1v) is 8.25. The number of anilines is 3. The molecule has 0 saturated heterocycles. The quantitative estimate of drug-likeness (QED) is 0.729. The Morgan fingerprint density at radius 1 is 1.00 bits per heavy atom. The zero-order valence-corrected chi connectivity index (χ0v) is 14.6. The lowest BCUT2D eigenvalue weighted by atomic mass is 10.1. The molecule has 3 aromatic rings. The van der Waals surface area contributed by atoms with Gasteiger partial charge in [-0.25, -0.2) is 4.98 Å². The SMILES string of the molecule is CCN(Cc1ccc2nc(N)nc(N)c2c1)c1ccc(Cl)c(Cl)c1. The van der Waals surface area contributed by atoms with E-state index in [9.17, 15) is 0 Å². The van der Waals surface area contributed by atoms with Crippen molar-refractivity contribution in [3.63, 3.8) is 0 Å². The molecule has 0 amide bonds. The number of hydrogen-bond donors (Lipinski definition) is 2. The van der Waals surface area contributed by atoms with Gasteiger partial charge in [0.2, 0.25) is 5.95 Å². The van der Waals surface area contributed by atoms with E-state index in [1.165, 1.54) is 0 Å². The summed E-state index contributed by atoms with van der Waals surface area (Å²) < 4.78 is 0. The molecule has 0 aliphatic heterocycles. The minimum absolute atomic E-state index is 0.179. The van der Waals surface area contributed by atoms with Gasteiger partial charge in [-0.3, -0.25) is 0 Å². The molecular formula is C17H17Cl2N5. The fourth-order valence-corrected chi connectivity index (χ4v) is 2.90. The largest absolute Gasteiger partial charge is 0.383 e. The van der Waals surface area contributed by atoms with Crippen LogP contribution in [0.1, 0.15) is 12.5 Å². The molecule has 1 aromatic heterocycles. The van der Waals surface area contributed by atoms with Crippen molar-refractivity contribution in [2.45, 2.75) is 13.5 Å². The first-order valence-electron chi connectivity index (χ1n) is 7.49. The molecule has 0 unspecified atom stereocenters. The zero-order valence-electron chi connectivity index (χ0n) is 13.1. The van der Waals surface area contributed by atoms with Gasteiger partial charge < -0.3 is 16.4 Å². The number of nitrogens with zero attached hydrogens (tertiary/aromatic N) is 3. The van der Waals surface area contributed by atoms with Crippen LogP contribution in [0.5, 0.6) is 0 Å². The molecule has 0 saturated carbocycles. The Kier molecular flexibility index (Phi) is 4.64. The van der Waals surface area contributed by atoms with Crippen molar-refractivity contribution in [1.29, 1.82) is 0 Å². The van der Waals surface area contributed by atoms with E-state index in [1.807, 2.05) is 30.3 Å². The molecule has 0 fully saturated rings. The van der Waals surface area contributed by atoms with E-state index >= 15 is 0 Å². The predicted octanol–water partition coefficient (Wildman–Crippen LogP) is 4.13. The van der Waals surface area contributed by atoms with Gasteiger partial charge in [-0.15, -0.1) is 0 Å². The van der Waals surface area contributed by atoms with Crippen molar-refractivity contribution in [2.24, 2.45) is 0 Å². The maximum absolute atomic E-state index is 6.13. The Labute approximate surface area is 150 Å². The summed E-state index contributed by atoms with van der Waals surface area (Å²) in [7, 11) is 0. The molecule has 3 rings (SSSR count). The number of aromatic nitrogens is 2. The summed E-state index contributed by atoms with van der Waals surface area (Å²) >= 11 is 12.1. The average molecular weight is 362 g/mol. The van der Waals surface area contributed by atoms with Gasteiger partial charge in [0.05, 0.1) is 15.6 Å².